The van der Waals surface area contributed by atoms with E-state index < -0.39 is 0 Å². The molecular weight excluding hydrogens is 360 g/mol. The van der Waals surface area contributed by atoms with E-state index in [-0.39, 0.29) is 0 Å². The van der Waals surface area contributed by atoms with Gasteiger partial charge in [-0.15, -0.1) is 0 Å². The van der Waals surface area contributed by atoms with Gasteiger partial charge in [0.2, 0.25) is 5.88 Å². The van der Waals surface area contributed by atoms with Crippen molar-refractivity contribution < 1.29 is 4.74 Å². The highest BCUT2D eigenvalue weighted by Gasteiger charge is 2.12. The molecule has 2 N–H and O–H groups in total. The first kappa shape index (κ1) is 17.6. The van der Waals surface area contributed by atoms with Gasteiger partial charge in [-0.3, -0.25) is 0 Å². The van der Waals surface area contributed by atoms with Crippen molar-refractivity contribution in [1.82, 2.24) is 15.0 Å². The highest BCUT2D eigenvalue weighted by atomic mass is 35.5. The Hall–Kier alpha value is -2.79. The molecule has 6 heteroatoms. The lowest BCUT2D eigenvalue weighted by Gasteiger charge is -2.16. The van der Waals surface area contributed by atoms with E-state index in [4.69, 9.17) is 16.3 Å². The van der Waals surface area contributed by atoms with E-state index in [1.54, 1.807) is 13.3 Å². The minimum absolute atomic E-state index is 0.415. The molecule has 3 aromatic rings. The van der Waals surface area contributed by atoms with Gasteiger partial charge in [0.1, 0.15) is 11.5 Å². The van der Waals surface area contributed by atoms with Crippen molar-refractivity contribution in [3.8, 4) is 5.88 Å². The molecule has 0 amide bonds. The average molecular weight is 381 g/mol. The summed E-state index contributed by atoms with van der Waals surface area (Å²) in [6, 6.07) is 8.09. The number of hydrogen-bond acceptors (Lipinski definition) is 4. The second kappa shape index (κ2) is 7.84. The maximum absolute atomic E-state index is 5.97. The molecule has 0 saturated carbocycles. The molecule has 0 fully saturated rings. The summed E-state index contributed by atoms with van der Waals surface area (Å²) in [4.78, 5) is 12.2. The second-order valence-corrected chi connectivity index (χ2v) is 7.02. The smallest absolute Gasteiger partial charge is 0.218 e. The Labute approximate surface area is 163 Å². The van der Waals surface area contributed by atoms with Crippen molar-refractivity contribution in [2.75, 3.05) is 19.0 Å². The van der Waals surface area contributed by atoms with Crippen molar-refractivity contribution in [3.63, 3.8) is 0 Å². The molecule has 3 heterocycles. The Balaban J connectivity index is 1.47. The monoisotopic (exact) mass is 380 g/mol. The number of allylic oxidation sites excluding steroid dienone is 3. The summed E-state index contributed by atoms with van der Waals surface area (Å²) in [5, 5.41) is 5.32. The molecule has 0 saturated heterocycles. The molecule has 0 bridgehead atoms. The van der Waals surface area contributed by atoms with Crippen LogP contribution < -0.4 is 10.1 Å². The molecule has 0 aliphatic heterocycles. The number of hydrogen-bond donors (Lipinski definition) is 2. The lowest BCUT2D eigenvalue weighted by Crippen LogP contribution is -2.14. The summed E-state index contributed by atoms with van der Waals surface area (Å²) in [7, 11) is 1.66. The number of methoxy groups -OCH3 is 1. The molecule has 5 nitrogen and oxygen atoms in total. The molecule has 1 aliphatic rings. The minimum atomic E-state index is 0.415. The fourth-order valence-corrected chi connectivity index (χ4v) is 3.43. The number of halogens is 1. The van der Waals surface area contributed by atoms with Gasteiger partial charge in [-0.25, -0.2) is 4.98 Å². The van der Waals surface area contributed by atoms with Crippen LogP contribution in [0.3, 0.4) is 0 Å². The van der Waals surface area contributed by atoms with Crippen LogP contribution in [0.4, 0.5) is 5.82 Å². The summed E-state index contributed by atoms with van der Waals surface area (Å²) in [5.74, 6) is 1.87. The van der Waals surface area contributed by atoms with E-state index in [0.717, 1.165) is 46.8 Å². The fraction of sp³-hybridized carbons (Fsp3) is 0.238. The number of ether oxygens (including phenoxy) is 1. The molecule has 1 unspecified atom stereocenters. The van der Waals surface area contributed by atoms with Crippen molar-refractivity contribution in [1.29, 1.82) is 0 Å². The zero-order chi connectivity index (χ0) is 18.6. The van der Waals surface area contributed by atoms with Crippen LogP contribution in [0.15, 0.2) is 59.9 Å². The first-order valence-corrected chi connectivity index (χ1v) is 9.33. The third-order valence-electron chi connectivity index (χ3n) is 4.74. The summed E-state index contributed by atoms with van der Waals surface area (Å²) < 4.78 is 5.53. The molecule has 27 heavy (non-hydrogen) atoms. The Morgan fingerprint density at radius 1 is 1.30 bits per heavy atom. The van der Waals surface area contributed by atoms with Crippen molar-refractivity contribution in [2.45, 2.75) is 12.8 Å². The predicted molar refractivity (Wildman–Crippen MR) is 109 cm³/mol. The number of aromatic amines is 1. The van der Waals surface area contributed by atoms with E-state index in [1.807, 2.05) is 30.5 Å². The first-order chi connectivity index (χ1) is 13.2. The standard InChI is InChI=1S/C21H21ClN4O/c1-27-21-15(11-16-13-25-20-18(16)3-2-10-23-20)6-9-19(26-21)24-12-14-4-7-17(22)8-5-14/h2-4,6-10,13-14H,5,11-12H2,1H3,(H,23,25)(H,24,26). The Kier molecular flexibility index (Phi) is 5.12. The molecule has 0 spiro atoms. The van der Waals surface area contributed by atoms with E-state index >= 15 is 0 Å². The number of rotatable bonds is 6. The zero-order valence-corrected chi connectivity index (χ0v) is 15.8. The quantitative estimate of drug-likeness (QED) is 0.652. The molecule has 3 aromatic heterocycles. The minimum Gasteiger partial charge on any atom is -0.481 e. The molecule has 0 aromatic carbocycles. The normalized spacial score (nSPS) is 16.4. The van der Waals surface area contributed by atoms with Gasteiger partial charge in [-0.05, 0) is 48.2 Å². The third-order valence-corrected chi connectivity index (χ3v) is 5.02. The van der Waals surface area contributed by atoms with E-state index in [0.29, 0.717) is 11.8 Å². The number of aromatic nitrogens is 3. The summed E-state index contributed by atoms with van der Waals surface area (Å²) in [5.41, 5.74) is 3.11. The van der Waals surface area contributed by atoms with Crippen LogP contribution >= 0.6 is 11.6 Å². The topological polar surface area (TPSA) is 62.8 Å². The highest BCUT2D eigenvalue weighted by molar-refractivity contribution is 6.31. The third kappa shape index (κ3) is 3.98. The summed E-state index contributed by atoms with van der Waals surface area (Å²) in [6.07, 6.45) is 11.6. The van der Waals surface area contributed by atoms with Crippen LogP contribution in [-0.4, -0.2) is 28.6 Å². The van der Waals surface area contributed by atoms with Crippen molar-refractivity contribution in [3.05, 3.63) is 71.0 Å². The van der Waals surface area contributed by atoms with Crippen molar-refractivity contribution >= 4 is 28.5 Å². The van der Waals surface area contributed by atoms with Gasteiger partial charge in [0.05, 0.1) is 7.11 Å². The van der Waals surface area contributed by atoms with Gasteiger partial charge in [0.15, 0.2) is 0 Å². The van der Waals surface area contributed by atoms with Gasteiger partial charge in [0, 0.05) is 41.3 Å². The number of nitrogens with zero attached hydrogens (tertiary/aromatic N) is 2. The van der Waals surface area contributed by atoms with Gasteiger partial charge in [-0.1, -0.05) is 23.8 Å². The largest absolute Gasteiger partial charge is 0.481 e. The number of anilines is 1. The molecule has 138 valence electrons. The molecule has 1 atom stereocenters. The van der Waals surface area contributed by atoms with Crippen molar-refractivity contribution in [2.24, 2.45) is 5.92 Å². The molecular formula is C21H21ClN4O. The SMILES string of the molecule is COc1nc(NCC2C=CC(Cl)=CC2)ccc1Cc1c[nH]c2ncccc12. The van der Waals surface area contributed by atoms with Crippen LogP contribution in [-0.2, 0) is 6.42 Å². The Morgan fingerprint density at radius 2 is 2.22 bits per heavy atom. The highest BCUT2D eigenvalue weighted by Crippen LogP contribution is 2.26. The molecule has 0 radical (unpaired) electrons. The number of pyridine rings is 2. The fourth-order valence-electron chi connectivity index (χ4n) is 3.27. The van der Waals surface area contributed by atoms with Gasteiger partial charge in [0.25, 0.3) is 0 Å². The van der Waals surface area contributed by atoms with E-state index in [2.05, 4.69) is 38.5 Å². The van der Waals surface area contributed by atoms with Gasteiger partial charge in [-0.2, -0.15) is 4.98 Å². The van der Waals surface area contributed by atoms with Crippen LogP contribution in [0.1, 0.15) is 17.5 Å². The second-order valence-electron chi connectivity index (χ2n) is 6.58. The Morgan fingerprint density at radius 3 is 3.04 bits per heavy atom. The lowest BCUT2D eigenvalue weighted by atomic mass is 10.0. The average Bonchev–Trinajstić information content (AvgIpc) is 3.11. The van der Waals surface area contributed by atoms with Crippen LogP contribution in [0.2, 0.25) is 0 Å². The number of nitrogens with one attached hydrogen (secondary N) is 2. The number of H-pyrrole nitrogens is 1. The van der Waals surface area contributed by atoms with Gasteiger partial charge >= 0.3 is 0 Å². The Bertz CT molecular complexity index is 1010. The van der Waals surface area contributed by atoms with Crippen LogP contribution in [0.5, 0.6) is 5.88 Å². The van der Waals surface area contributed by atoms with Gasteiger partial charge < -0.3 is 15.0 Å². The molecule has 4 rings (SSSR count). The van der Waals surface area contributed by atoms with Crippen LogP contribution in [0, 0.1) is 5.92 Å². The maximum Gasteiger partial charge on any atom is 0.218 e. The summed E-state index contributed by atoms with van der Waals surface area (Å²) >= 11 is 5.97. The maximum atomic E-state index is 5.97. The van der Waals surface area contributed by atoms with Crippen LogP contribution in [0.25, 0.3) is 11.0 Å². The predicted octanol–water partition coefficient (Wildman–Crippen LogP) is 4.67. The van der Waals surface area contributed by atoms with E-state index in [9.17, 15) is 0 Å². The van der Waals surface area contributed by atoms with E-state index in [1.165, 1.54) is 5.56 Å². The zero-order valence-electron chi connectivity index (χ0n) is 15.1. The summed E-state index contributed by atoms with van der Waals surface area (Å²) in [6.45, 7) is 0.806. The number of fused-ring (bicyclic) bond motifs is 1. The molecule has 1 aliphatic carbocycles. The lowest BCUT2D eigenvalue weighted by molar-refractivity contribution is 0.394. The first-order valence-electron chi connectivity index (χ1n) is 8.95.